The molecular formula is C24H26ClN3O4. The number of nitrogens with zero attached hydrogens (tertiary/aromatic N) is 3. The van der Waals surface area contributed by atoms with Gasteiger partial charge in [-0.25, -0.2) is 4.79 Å². The number of carbonyl (C=O) groups is 1. The van der Waals surface area contributed by atoms with E-state index in [2.05, 4.69) is 9.88 Å². The molecule has 0 saturated carbocycles. The highest BCUT2D eigenvalue weighted by atomic mass is 35.5. The van der Waals surface area contributed by atoms with Crippen molar-refractivity contribution in [3.63, 3.8) is 0 Å². The normalized spacial score (nSPS) is 14.7. The number of hydrogen-bond acceptors (Lipinski definition) is 6. The van der Waals surface area contributed by atoms with Crippen molar-refractivity contribution < 1.29 is 13.9 Å². The van der Waals surface area contributed by atoms with Gasteiger partial charge in [-0.2, -0.15) is 0 Å². The number of amides is 1. The Morgan fingerprint density at radius 3 is 2.69 bits per heavy atom. The molecule has 1 amide bonds. The van der Waals surface area contributed by atoms with E-state index >= 15 is 0 Å². The lowest BCUT2D eigenvalue weighted by Crippen LogP contribution is -2.49. The standard InChI is InChI=1S/C24H26ClN3O4/c1-16-18-13-20(25)22(31-2)15-21(18)32-24(30)19(16)14-23(29)28-11-9-27(10-12-28)8-6-17-5-3-4-7-26-17/h3-5,7,13,15H,6,8-12,14H2,1-2H3. The van der Waals surface area contributed by atoms with E-state index in [9.17, 15) is 9.59 Å². The number of methoxy groups -OCH3 is 1. The van der Waals surface area contributed by atoms with Crippen LogP contribution in [-0.2, 0) is 17.6 Å². The van der Waals surface area contributed by atoms with Gasteiger partial charge in [-0.3, -0.25) is 14.7 Å². The first-order valence-electron chi connectivity index (χ1n) is 10.7. The fourth-order valence-corrected chi connectivity index (χ4v) is 4.29. The van der Waals surface area contributed by atoms with Crippen molar-refractivity contribution in [1.82, 2.24) is 14.8 Å². The zero-order chi connectivity index (χ0) is 22.7. The van der Waals surface area contributed by atoms with Gasteiger partial charge < -0.3 is 14.1 Å². The molecule has 1 aliphatic rings. The lowest BCUT2D eigenvalue weighted by atomic mass is 10.0. The quantitative estimate of drug-likeness (QED) is 0.532. The Labute approximate surface area is 191 Å². The zero-order valence-corrected chi connectivity index (χ0v) is 19.0. The Hall–Kier alpha value is -2.90. The second-order valence-electron chi connectivity index (χ2n) is 7.95. The summed E-state index contributed by atoms with van der Waals surface area (Å²) in [5.41, 5.74) is 2.06. The number of aromatic nitrogens is 1. The minimum atomic E-state index is -0.498. The molecule has 3 aromatic rings. The highest BCUT2D eigenvalue weighted by Crippen LogP contribution is 2.31. The number of hydrogen-bond donors (Lipinski definition) is 0. The van der Waals surface area contributed by atoms with Crippen LogP contribution in [0.3, 0.4) is 0 Å². The molecule has 3 heterocycles. The first-order chi connectivity index (χ1) is 15.5. The predicted molar refractivity (Wildman–Crippen MR) is 123 cm³/mol. The summed E-state index contributed by atoms with van der Waals surface area (Å²) < 4.78 is 10.7. The van der Waals surface area contributed by atoms with E-state index < -0.39 is 5.63 Å². The van der Waals surface area contributed by atoms with E-state index in [0.717, 1.165) is 31.7 Å². The fraction of sp³-hybridized carbons (Fsp3) is 0.375. The molecule has 2 aromatic heterocycles. The van der Waals surface area contributed by atoms with Crippen molar-refractivity contribution >= 4 is 28.5 Å². The molecule has 1 aliphatic heterocycles. The van der Waals surface area contributed by atoms with Crippen LogP contribution in [0, 0.1) is 6.92 Å². The Kier molecular flexibility index (Phi) is 6.77. The number of carbonyl (C=O) groups excluding carboxylic acids is 1. The molecule has 1 saturated heterocycles. The van der Waals surface area contributed by atoms with E-state index in [1.165, 1.54) is 7.11 Å². The van der Waals surface area contributed by atoms with Crippen LogP contribution in [0.5, 0.6) is 5.75 Å². The minimum Gasteiger partial charge on any atom is -0.495 e. The molecule has 4 rings (SSSR count). The maximum absolute atomic E-state index is 12.9. The molecule has 0 radical (unpaired) electrons. The third kappa shape index (κ3) is 4.79. The van der Waals surface area contributed by atoms with Gasteiger partial charge in [-0.1, -0.05) is 17.7 Å². The van der Waals surface area contributed by atoms with Gasteiger partial charge in [-0.15, -0.1) is 0 Å². The van der Waals surface area contributed by atoms with Gasteiger partial charge in [0.1, 0.15) is 11.3 Å². The number of ether oxygens (including phenoxy) is 1. The molecule has 0 aliphatic carbocycles. The van der Waals surface area contributed by atoms with Crippen molar-refractivity contribution in [1.29, 1.82) is 0 Å². The van der Waals surface area contributed by atoms with Crippen molar-refractivity contribution in [2.75, 3.05) is 39.8 Å². The average molecular weight is 456 g/mol. The summed E-state index contributed by atoms with van der Waals surface area (Å²) in [6.45, 7) is 5.62. The zero-order valence-electron chi connectivity index (χ0n) is 18.3. The van der Waals surface area contributed by atoms with E-state index in [1.54, 1.807) is 12.1 Å². The van der Waals surface area contributed by atoms with Crippen molar-refractivity contribution in [2.24, 2.45) is 0 Å². The summed E-state index contributed by atoms with van der Waals surface area (Å²) in [4.78, 5) is 34.1. The van der Waals surface area contributed by atoms with Crippen LogP contribution in [0.15, 0.2) is 45.7 Å². The van der Waals surface area contributed by atoms with Gasteiger partial charge in [0.05, 0.1) is 24.1 Å². The highest BCUT2D eigenvalue weighted by molar-refractivity contribution is 6.32. The Balaban J connectivity index is 1.40. The summed E-state index contributed by atoms with van der Waals surface area (Å²) in [5.74, 6) is 0.371. The number of rotatable bonds is 6. The summed E-state index contributed by atoms with van der Waals surface area (Å²) in [7, 11) is 1.50. The molecule has 1 aromatic carbocycles. The number of fused-ring (bicyclic) bond motifs is 1. The van der Waals surface area contributed by atoms with Gasteiger partial charge in [0.2, 0.25) is 5.91 Å². The minimum absolute atomic E-state index is 0.0156. The molecule has 7 nitrogen and oxygen atoms in total. The van der Waals surface area contributed by atoms with Gasteiger partial charge >= 0.3 is 5.63 Å². The second-order valence-corrected chi connectivity index (χ2v) is 8.35. The molecule has 0 spiro atoms. The molecule has 168 valence electrons. The van der Waals surface area contributed by atoms with Crippen molar-refractivity contribution in [2.45, 2.75) is 19.8 Å². The Bertz CT molecular complexity index is 1170. The Morgan fingerprint density at radius 2 is 2.00 bits per heavy atom. The topological polar surface area (TPSA) is 75.9 Å². The lowest BCUT2D eigenvalue weighted by Gasteiger charge is -2.34. The number of halogens is 1. The predicted octanol–water partition coefficient (Wildman–Crippen LogP) is 3.09. The maximum Gasteiger partial charge on any atom is 0.340 e. The van der Waals surface area contributed by atoms with Gasteiger partial charge in [-0.05, 0) is 30.7 Å². The summed E-state index contributed by atoms with van der Waals surface area (Å²) in [6, 6.07) is 9.25. The van der Waals surface area contributed by atoms with Crippen LogP contribution >= 0.6 is 11.6 Å². The van der Waals surface area contributed by atoms with E-state index in [0.29, 0.717) is 46.0 Å². The van der Waals surface area contributed by atoms with E-state index in [-0.39, 0.29) is 12.3 Å². The van der Waals surface area contributed by atoms with Crippen molar-refractivity contribution in [3.05, 3.63) is 68.8 Å². The van der Waals surface area contributed by atoms with Crippen LogP contribution in [0.2, 0.25) is 5.02 Å². The largest absolute Gasteiger partial charge is 0.495 e. The first kappa shape index (κ1) is 22.3. The molecule has 32 heavy (non-hydrogen) atoms. The average Bonchev–Trinajstić information content (AvgIpc) is 2.81. The molecule has 0 unspecified atom stereocenters. The Morgan fingerprint density at radius 1 is 1.22 bits per heavy atom. The smallest absolute Gasteiger partial charge is 0.340 e. The summed E-state index contributed by atoms with van der Waals surface area (Å²) in [6.07, 6.45) is 2.71. The third-order valence-corrected chi connectivity index (χ3v) is 6.32. The summed E-state index contributed by atoms with van der Waals surface area (Å²) in [5, 5.41) is 1.13. The van der Waals surface area contributed by atoms with Crippen molar-refractivity contribution in [3.8, 4) is 5.75 Å². The molecule has 8 heteroatoms. The van der Waals surface area contributed by atoms with E-state index in [1.807, 2.05) is 36.2 Å². The maximum atomic E-state index is 12.9. The lowest BCUT2D eigenvalue weighted by molar-refractivity contribution is -0.132. The van der Waals surface area contributed by atoms with Crippen LogP contribution < -0.4 is 10.4 Å². The van der Waals surface area contributed by atoms with Gasteiger partial charge in [0, 0.05) is 62.5 Å². The fourth-order valence-electron chi connectivity index (χ4n) is 4.05. The molecule has 1 fully saturated rings. The van der Waals surface area contributed by atoms with Gasteiger partial charge in [0.15, 0.2) is 0 Å². The first-order valence-corrected chi connectivity index (χ1v) is 11.0. The number of aryl methyl sites for hydroxylation is 1. The molecule has 0 N–H and O–H groups in total. The monoisotopic (exact) mass is 455 g/mol. The number of piperazine rings is 1. The van der Waals surface area contributed by atoms with Crippen LogP contribution in [-0.4, -0.2) is 60.5 Å². The molecular weight excluding hydrogens is 430 g/mol. The number of benzene rings is 1. The molecule has 0 bridgehead atoms. The molecule has 0 atom stereocenters. The SMILES string of the molecule is COc1cc2oc(=O)c(CC(=O)N3CCN(CCc4ccccn4)CC3)c(C)c2cc1Cl. The summed E-state index contributed by atoms with van der Waals surface area (Å²) >= 11 is 6.24. The van der Waals surface area contributed by atoms with Gasteiger partial charge in [0.25, 0.3) is 0 Å². The van der Waals surface area contributed by atoms with Crippen LogP contribution in [0.4, 0.5) is 0 Å². The third-order valence-electron chi connectivity index (χ3n) is 6.02. The second kappa shape index (κ2) is 9.71. The van der Waals surface area contributed by atoms with Crippen LogP contribution in [0.25, 0.3) is 11.0 Å². The number of pyridine rings is 1. The highest BCUT2D eigenvalue weighted by Gasteiger charge is 2.24. The van der Waals surface area contributed by atoms with Crippen LogP contribution in [0.1, 0.15) is 16.8 Å². The van der Waals surface area contributed by atoms with E-state index in [4.69, 9.17) is 20.8 Å².